The molecule has 0 fully saturated rings. The van der Waals surface area contributed by atoms with Gasteiger partial charge in [-0.3, -0.25) is 4.79 Å². The van der Waals surface area contributed by atoms with Crippen molar-refractivity contribution in [2.24, 2.45) is 11.3 Å². The maximum atomic E-state index is 12.2. The lowest BCUT2D eigenvalue weighted by Gasteiger charge is -2.24. The Kier molecular flexibility index (Phi) is 5.81. The summed E-state index contributed by atoms with van der Waals surface area (Å²) < 4.78 is 10.6. The molecule has 4 nitrogen and oxygen atoms in total. The van der Waals surface area contributed by atoms with Crippen LogP contribution < -0.4 is 5.63 Å². The summed E-state index contributed by atoms with van der Waals surface area (Å²) in [5.41, 5.74) is 0.711. The first kappa shape index (κ1) is 18.2. The van der Waals surface area contributed by atoms with Crippen molar-refractivity contribution in [3.8, 4) is 0 Å². The first-order valence-corrected chi connectivity index (χ1v) is 8.48. The summed E-state index contributed by atoms with van der Waals surface area (Å²) >= 11 is 0. The largest absolute Gasteiger partial charge is 0.465 e. The number of carbonyl (C=O) groups excluding carboxylic acids is 1. The molecule has 0 saturated carbocycles. The van der Waals surface area contributed by atoms with Crippen molar-refractivity contribution in [2.45, 2.75) is 47.0 Å². The Morgan fingerprint density at radius 2 is 1.96 bits per heavy atom. The summed E-state index contributed by atoms with van der Waals surface area (Å²) in [4.78, 5) is 23.8. The summed E-state index contributed by atoms with van der Waals surface area (Å²) in [6, 6.07) is 9.00. The van der Waals surface area contributed by atoms with Crippen LogP contribution in [0.2, 0.25) is 0 Å². The number of benzene rings is 1. The lowest BCUT2D eigenvalue weighted by Crippen LogP contribution is -2.28. The van der Waals surface area contributed by atoms with Gasteiger partial charge in [-0.2, -0.15) is 0 Å². The van der Waals surface area contributed by atoms with Crippen molar-refractivity contribution in [3.63, 3.8) is 0 Å². The summed E-state index contributed by atoms with van der Waals surface area (Å²) in [5.74, 6) is 0.288. The lowest BCUT2D eigenvalue weighted by molar-refractivity contribution is -0.155. The summed E-state index contributed by atoms with van der Waals surface area (Å²) in [7, 11) is 0. The highest BCUT2D eigenvalue weighted by Gasteiger charge is 2.29. The van der Waals surface area contributed by atoms with Crippen molar-refractivity contribution in [1.82, 2.24) is 0 Å². The maximum Gasteiger partial charge on any atom is 0.336 e. The summed E-state index contributed by atoms with van der Waals surface area (Å²) in [6.45, 7) is 8.40. The Balaban J connectivity index is 1.94. The van der Waals surface area contributed by atoms with Gasteiger partial charge in [-0.1, -0.05) is 32.0 Å². The normalized spacial score (nSPS) is 11.9. The second-order valence-corrected chi connectivity index (χ2v) is 7.31. The number of carbonyl (C=O) groups is 1. The van der Waals surface area contributed by atoms with Gasteiger partial charge in [-0.15, -0.1) is 0 Å². The predicted octanol–water partition coefficient (Wildman–Crippen LogP) is 4.34. The van der Waals surface area contributed by atoms with Gasteiger partial charge in [-0.25, -0.2) is 4.79 Å². The average molecular weight is 330 g/mol. The van der Waals surface area contributed by atoms with Crippen LogP contribution in [0.4, 0.5) is 0 Å². The van der Waals surface area contributed by atoms with E-state index in [0.29, 0.717) is 30.9 Å². The minimum absolute atomic E-state index is 0.159. The maximum absolute atomic E-state index is 12.2. The lowest BCUT2D eigenvalue weighted by atomic mass is 9.84. The van der Waals surface area contributed by atoms with Crippen LogP contribution in [0.5, 0.6) is 0 Å². The number of esters is 1. The fourth-order valence-corrected chi connectivity index (χ4v) is 3.11. The van der Waals surface area contributed by atoms with Gasteiger partial charge in [0.2, 0.25) is 0 Å². The molecule has 0 N–H and O–H groups in total. The molecular weight excluding hydrogens is 304 g/mol. The first-order valence-electron chi connectivity index (χ1n) is 8.48. The Hall–Kier alpha value is -2.10. The molecule has 2 rings (SSSR count). The van der Waals surface area contributed by atoms with Crippen molar-refractivity contribution < 1.29 is 13.9 Å². The summed E-state index contributed by atoms with van der Waals surface area (Å²) in [6.07, 6.45) is 2.15. The van der Waals surface area contributed by atoms with Gasteiger partial charge in [-0.05, 0) is 50.7 Å². The van der Waals surface area contributed by atoms with Crippen LogP contribution in [0.3, 0.4) is 0 Å². The van der Waals surface area contributed by atoms with Crippen LogP contribution in [0, 0.1) is 11.3 Å². The number of fused-ring (bicyclic) bond motifs is 1. The highest BCUT2D eigenvalue weighted by molar-refractivity contribution is 5.80. The third-order valence-electron chi connectivity index (χ3n) is 4.03. The van der Waals surface area contributed by atoms with Crippen LogP contribution in [0.25, 0.3) is 11.0 Å². The molecule has 1 aromatic heterocycles. The minimum atomic E-state index is -0.464. The predicted molar refractivity (Wildman–Crippen MR) is 95.0 cm³/mol. The van der Waals surface area contributed by atoms with Crippen LogP contribution in [0.1, 0.15) is 46.1 Å². The smallest absolute Gasteiger partial charge is 0.336 e. The second kappa shape index (κ2) is 7.65. The fraction of sp³-hybridized carbons (Fsp3) is 0.500. The van der Waals surface area contributed by atoms with Crippen molar-refractivity contribution >= 4 is 16.9 Å². The van der Waals surface area contributed by atoms with Crippen LogP contribution in [0.15, 0.2) is 39.5 Å². The number of aryl methyl sites for hydroxylation is 1. The monoisotopic (exact) mass is 330 g/mol. The van der Waals surface area contributed by atoms with Crippen LogP contribution >= 0.6 is 0 Å². The van der Waals surface area contributed by atoms with E-state index in [1.807, 2.05) is 32.0 Å². The Morgan fingerprint density at radius 3 is 2.67 bits per heavy atom. The van der Waals surface area contributed by atoms with E-state index in [9.17, 15) is 9.59 Å². The zero-order valence-corrected chi connectivity index (χ0v) is 14.9. The molecule has 0 atom stereocenters. The van der Waals surface area contributed by atoms with E-state index in [4.69, 9.17) is 9.15 Å². The van der Waals surface area contributed by atoms with Gasteiger partial charge in [0.25, 0.3) is 0 Å². The number of rotatable bonds is 7. The molecule has 0 radical (unpaired) electrons. The second-order valence-electron chi connectivity index (χ2n) is 7.31. The zero-order valence-electron chi connectivity index (χ0n) is 14.9. The molecule has 130 valence electrons. The van der Waals surface area contributed by atoms with Gasteiger partial charge < -0.3 is 9.15 Å². The number of hydrogen-bond acceptors (Lipinski definition) is 4. The molecule has 0 aliphatic carbocycles. The average Bonchev–Trinajstić information content (AvgIpc) is 2.49. The molecule has 0 aliphatic heterocycles. The molecule has 0 unspecified atom stereocenters. The molecule has 1 heterocycles. The Labute approximate surface area is 142 Å². The molecule has 2 aromatic rings. The van der Waals surface area contributed by atoms with Gasteiger partial charge >= 0.3 is 11.6 Å². The van der Waals surface area contributed by atoms with Gasteiger partial charge in [0.15, 0.2) is 0 Å². The third kappa shape index (κ3) is 4.70. The summed E-state index contributed by atoms with van der Waals surface area (Å²) in [5, 5.41) is 0.934. The molecule has 24 heavy (non-hydrogen) atoms. The topological polar surface area (TPSA) is 56.5 Å². The van der Waals surface area contributed by atoms with E-state index >= 15 is 0 Å². The van der Waals surface area contributed by atoms with Gasteiger partial charge in [0.05, 0.1) is 12.0 Å². The Morgan fingerprint density at radius 1 is 1.25 bits per heavy atom. The van der Waals surface area contributed by atoms with E-state index in [0.717, 1.165) is 17.4 Å². The quantitative estimate of drug-likeness (QED) is 0.430. The van der Waals surface area contributed by atoms with E-state index in [2.05, 4.69) is 13.8 Å². The van der Waals surface area contributed by atoms with E-state index in [1.165, 1.54) is 6.07 Å². The van der Waals surface area contributed by atoms with Crippen LogP contribution in [-0.4, -0.2) is 12.6 Å². The molecule has 0 bridgehead atoms. The van der Waals surface area contributed by atoms with Crippen molar-refractivity contribution in [2.75, 3.05) is 6.61 Å². The zero-order chi connectivity index (χ0) is 17.7. The number of ether oxygens (including phenoxy) is 1. The minimum Gasteiger partial charge on any atom is -0.465 e. The molecule has 1 aromatic carbocycles. The molecule has 0 aliphatic rings. The van der Waals surface area contributed by atoms with Crippen molar-refractivity contribution in [3.05, 3.63) is 46.3 Å². The van der Waals surface area contributed by atoms with Crippen molar-refractivity contribution in [1.29, 1.82) is 0 Å². The highest BCUT2D eigenvalue weighted by atomic mass is 16.5. The van der Waals surface area contributed by atoms with Gasteiger partial charge in [0.1, 0.15) is 5.58 Å². The van der Waals surface area contributed by atoms with E-state index in [1.54, 1.807) is 6.07 Å². The van der Waals surface area contributed by atoms with E-state index < -0.39 is 5.41 Å². The van der Waals surface area contributed by atoms with Crippen LogP contribution in [-0.2, 0) is 16.0 Å². The first-order chi connectivity index (χ1) is 11.3. The standard InChI is InChI=1S/C20H26O4/c1-14(2)13-20(3,4)19(22)23-11-7-8-15-12-18(21)24-17-10-6-5-9-16(15)17/h5-6,9-10,12,14H,7-8,11,13H2,1-4H3. The molecule has 4 heteroatoms. The third-order valence-corrected chi connectivity index (χ3v) is 4.03. The van der Waals surface area contributed by atoms with Gasteiger partial charge in [0, 0.05) is 11.5 Å². The molecular formula is C20H26O4. The SMILES string of the molecule is CC(C)CC(C)(C)C(=O)OCCCc1cc(=O)oc2ccccc12. The highest BCUT2D eigenvalue weighted by Crippen LogP contribution is 2.27. The van der Waals surface area contributed by atoms with E-state index in [-0.39, 0.29) is 11.6 Å². The number of para-hydroxylation sites is 1. The molecule has 0 amide bonds. The fourth-order valence-electron chi connectivity index (χ4n) is 3.11. The molecule has 0 spiro atoms. The number of hydrogen-bond donors (Lipinski definition) is 0. The molecule has 0 saturated heterocycles. The Bertz CT molecular complexity index is 756.